The van der Waals surface area contributed by atoms with E-state index in [9.17, 15) is 14.9 Å². The normalized spacial score (nSPS) is 11.0. The third-order valence-electron chi connectivity index (χ3n) is 4.21. The second kappa shape index (κ2) is 9.30. The number of ketones is 1. The number of ether oxygens (including phenoxy) is 3. The zero-order chi connectivity index (χ0) is 21.7. The second-order valence-electron chi connectivity index (χ2n) is 6.08. The summed E-state index contributed by atoms with van der Waals surface area (Å²) in [4.78, 5) is 28.4. The smallest absolute Gasteiger partial charge is 0.340 e. The SMILES string of the molecule is CCOC(=O)c1c(C)[nH]c(C)c1C(=O)/C(C#N)=C\c1cc(Cl)c(OC)c(OC)c1. The number of methoxy groups -OCH3 is 2. The Morgan fingerprint density at radius 3 is 2.38 bits per heavy atom. The standard InChI is InChI=1S/C21H21ClN2O5/c1-6-29-21(26)18-12(3)24-11(2)17(18)19(25)14(10-23)7-13-8-15(22)20(28-5)16(9-13)27-4/h7-9,24H,6H2,1-5H3/b14-7-. The van der Waals surface area contributed by atoms with Crippen LogP contribution in [-0.4, -0.2) is 37.6 Å². The summed E-state index contributed by atoms with van der Waals surface area (Å²) in [5.41, 5.74) is 1.51. The van der Waals surface area contributed by atoms with Gasteiger partial charge in [-0.3, -0.25) is 4.79 Å². The molecule has 0 unspecified atom stereocenters. The molecule has 2 aromatic rings. The van der Waals surface area contributed by atoms with Gasteiger partial charge < -0.3 is 19.2 Å². The van der Waals surface area contributed by atoms with Crippen molar-refractivity contribution in [2.24, 2.45) is 0 Å². The Morgan fingerprint density at radius 1 is 1.17 bits per heavy atom. The number of allylic oxidation sites excluding steroid dienone is 1. The molecule has 1 heterocycles. The molecule has 0 aliphatic rings. The third kappa shape index (κ3) is 4.44. The number of halogens is 1. The largest absolute Gasteiger partial charge is 0.493 e. The van der Waals surface area contributed by atoms with E-state index in [0.29, 0.717) is 28.5 Å². The van der Waals surface area contributed by atoms with Crippen molar-refractivity contribution < 1.29 is 23.8 Å². The summed E-state index contributed by atoms with van der Waals surface area (Å²) in [5.74, 6) is -0.512. The minimum atomic E-state index is -0.621. The summed E-state index contributed by atoms with van der Waals surface area (Å²) in [6.45, 7) is 5.17. The Balaban J connectivity index is 2.57. The van der Waals surface area contributed by atoms with Gasteiger partial charge in [0.25, 0.3) is 0 Å². The fraction of sp³-hybridized carbons (Fsp3) is 0.286. The first-order chi connectivity index (χ1) is 13.8. The van der Waals surface area contributed by atoms with Gasteiger partial charge in [0.15, 0.2) is 11.5 Å². The number of nitriles is 1. The van der Waals surface area contributed by atoms with Gasteiger partial charge in [-0.1, -0.05) is 11.6 Å². The molecule has 0 saturated heterocycles. The van der Waals surface area contributed by atoms with Crippen molar-refractivity contribution in [3.63, 3.8) is 0 Å². The molecule has 2 rings (SSSR count). The van der Waals surface area contributed by atoms with Crippen LogP contribution in [0.5, 0.6) is 11.5 Å². The van der Waals surface area contributed by atoms with Gasteiger partial charge in [0.1, 0.15) is 11.6 Å². The number of rotatable bonds is 7. The highest BCUT2D eigenvalue weighted by Gasteiger charge is 2.27. The van der Waals surface area contributed by atoms with Gasteiger partial charge in [-0.05, 0) is 44.5 Å². The average molecular weight is 417 g/mol. The van der Waals surface area contributed by atoms with E-state index in [1.165, 1.54) is 20.3 Å². The van der Waals surface area contributed by atoms with Gasteiger partial charge in [-0.25, -0.2) is 4.79 Å². The van der Waals surface area contributed by atoms with E-state index in [1.807, 2.05) is 6.07 Å². The number of hydrogen-bond donors (Lipinski definition) is 1. The van der Waals surface area contributed by atoms with Gasteiger partial charge in [-0.2, -0.15) is 5.26 Å². The minimum absolute atomic E-state index is 0.111. The molecule has 0 spiro atoms. The summed E-state index contributed by atoms with van der Waals surface area (Å²) in [5, 5.41) is 9.86. The topological polar surface area (TPSA) is 101 Å². The highest BCUT2D eigenvalue weighted by molar-refractivity contribution is 6.32. The number of aryl methyl sites for hydroxylation is 2. The highest BCUT2D eigenvalue weighted by atomic mass is 35.5. The molecule has 0 fully saturated rings. The Hall–Kier alpha value is -3.24. The van der Waals surface area contributed by atoms with Crippen LogP contribution in [0.3, 0.4) is 0 Å². The zero-order valence-electron chi connectivity index (χ0n) is 16.8. The number of nitrogens with one attached hydrogen (secondary N) is 1. The van der Waals surface area contributed by atoms with E-state index in [1.54, 1.807) is 32.9 Å². The molecule has 1 aromatic heterocycles. The van der Waals surface area contributed by atoms with Gasteiger partial charge in [0.2, 0.25) is 5.78 Å². The fourth-order valence-electron chi connectivity index (χ4n) is 2.99. The number of aromatic nitrogens is 1. The first kappa shape index (κ1) is 22.1. The number of benzene rings is 1. The van der Waals surface area contributed by atoms with Crippen LogP contribution in [0.1, 0.15) is 44.6 Å². The molecule has 0 saturated carbocycles. The molecule has 1 aromatic carbocycles. The molecular weight excluding hydrogens is 396 g/mol. The summed E-state index contributed by atoms with van der Waals surface area (Å²) in [6, 6.07) is 5.04. The molecule has 0 bridgehead atoms. The lowest BCUT2D eigenvalue weighted by atomic mass is 9.98. The van der Waals surface area contributed by atoms with Crippen LogP contribution in [0.4, 0.5) is 0 Å². The van der Waals surface area contributed by atoms with E-state index in [2.05, 4.69) is 4.98 Å². The predicted molar refractivity (Wildman–Crippen MR) is 109 cm³/mol. The zero-order valence-corrected chi connectivity index (χ0v) is 17.6. The van der Waals surface area contributed by atoms with Crippen molar-refractivity contribution in [2.75, 3.05) is 20.8 Å². The van der Waals surface area contributed by atoms with Crippen LogP contribution >= 0.6 is 11.6 Å². The van der Waals surface area contributed by atoms with Crippen LogP contribution in [0, 0.1) is 25.2 Å². The van der Waals surface area contributed by atoms with E-state index in [0.717, 1.165) is 0 Å². The van der Waals surface area contributed by atoms with Crippen LogP contribution in [-0.2, 0) is 4.74 Å². The molecule has 8 heteroatoms. The summed E-state index contributed by atoms with van der Waals surface area (Å²) in [6.07, 6.45) is 1.38. The molecule has 0 atom stereocenters. The number of hydrogen-bond acceptors (Lipinski definition) is 6. The van der Waals surface area contributed by atoms with Crippen molar-refractivity contribution in [1.82, 2.24) is 4.98 Å². The van der Waals surface area contributed by atoms with Crippen LogP contribution in [0.2, 0.25) is 5.02 Å². The van der Waals surface area contributed by atoms with Crippen LogP contribution < -0.4 is 9.47 Å². The van der Waals surface area contributed by atoms with Gasteiger partial charge in [0, 0.05) is 11.4 Å². The van der Waals surface area contributed by atoms with Crippen molar-refractivity contribution in [1.29, 1.82) is 5.26 Å². The molecule has 1 N–H and O–H groups in total. The van der Waals surface area contributed by atoms with Crippen molar-refractivity contribution in [2.45, 2.75) is 20.8 Å². The van der Waals surface area contributed by atoms with Gasteiger partial charge in [-0.15, -0.1) is 0 Å². The molecular formula is C21H21ClN2O5. The third-order valence-corrected chi connectivity index (χ3v) is 4.49. The number of esters is 1. The summed E-state index contributed by atoms with van der Waals surface area (Å²) < 4.78 is 15.5. The maximum Gasteiger partial charge on any atom is 0.340 e. The lowest BCUT2D eigenvalue weighted by Gasteiger charge is -2.10. The Morgan fingerprint density at radius 2 is 1.83 bits per heavy atom. The molecule has 0 radical (unpaired) electrons. The summed E-state index contributed by atoms with van der Waals surface area (Å²) in [7, 11) is 2.91. The molecule has 0 amide bonds. The minimum Gasteiger partial charge on any atom is -0.493 e. The van der Waals surface area contributed by atoms with Crippen molar-refractivity contribution in [3.05, 3.63) is 50.8 Å². The Bertz CT molecular complexity index is 1030. The second-order valence-corrected chi connectivity index (χ2v) is 6.49. The van der Waals surface area contributed by atoms with Gasteiger partial charge >= 0.3 is 5.97 Å². The quantitative estimate of drug-likeness (QED) is 0.313. The molecule has 0 aliphatic carbocycles. The summed E-state index contributed by atoms with van der Waals surface area (Å²) >= 11 is 6.20. The highest BCUT2D eigenvalue weighted by Crippen LogP contribution is 2.36. The maximum absolute atomic E-state index is 13.1. The predicted octanol–water partition coefficient (Wildman–Crippen LogP) is 4.27. The Kier molecular flexibility index (Phi) is 7.08. The number of aromatic amines is 1. The molecule has 7 nitrogen and oxygen atoms in total. The van der Waals surface area contributed by atoms with E-state index in [-0.39, 0.29) is 28.3 Å². The number of carbonyl (C=O) groups is 2. The lowest BCUT2D eigenvalue weighted by molar-refractivity contribution is 0.0523. The average Bonchev–Trinajstić information content (AvgIpc) is 2.98. The lowest BCUT2D eigenvalue weighted by Crippen LogP contribution is -2.13. The first-order valence-electron chi connectivity index (χ1n) is 8.73. The maximum atomic E-state index is 13.1. The number of H-pyrrole nitrogens is 1. The van der Waals surface area contributed by atoms with Crippen LogP contribution in [0.25, 0.3) is 6.08 Å². The van der Waals surface area contributed by atoms with E-state index < -0.39 is 11.8 Å². The molecule has 29 heavy (non-hydrogen) atoms. The van der Waals surface area contributed by atoms with Gasteiger partial charge in [0.05, 0.1) is 37.0 Å². The number of nitrogens with zero attached hydrogens (tertiary/aromatic N) is 1. The van der Waals surface area contributed by atoms with Crippen LogP contribution in [0.15, 0.2) is 17.7 Å². The number of carbonyl (C=O) groups excluding carboxylic acids is 2. The first-order valence-corrected chi connectivity index (χ1v) is 9.11. The fourth-order valence-corrected chi connectivity index (χ4v) is 3.29. The molecule has 0 aliphatic heterocycles. The Labute approximate surface area is 173 Å². The monoisotopic (exact) mass is 416 g/mol. The van der Waals surface area contributed by atoms with E-state index >= 15 is 0 Å². The van der Waals surface area contributed by atoms with Crippen molar-refractivity contribution >= 4 is 29.4 Å². The number of Topliss-reactive ketones (excluding diaryl/α,β-unsaturated/α-hetero) is 1. The van der Waals surface area contributed by atoms with E-state index in [4.69, 9.17) is 25.8 Å². The van der Waals surface area contributed by atoms with Crippen molar-refractivity contribution in [3.8, 4) is 17.6 Å². The molecule has 152 valence electrons.